The number of aliphatic hydroxyl groups is 1. The van der Waals surface area contributed by atoms with Crippen LogP contribution in [0.4, 0.5) is 0 Å². The van der Waals surface area contributed by atoms with E-state index in [1.165, 1.54) is 11.1 Å². The summed E-state index contributed by atoms with van der Waals surface area (Å²) in [5.41, 5.74) is 3.59. The Morgan fingerprint density at radius 3 is 1.81 bits per heavy atom. The molecule has 2 rings (SSSR count). The van der Waals surface area contributed by atoms with Gasteiger partial charge in [-0.2, -0.15) is 0 Å². The van der Waals surface area contributed by atoms with E-state index in [2.05, 4.69) is 73.9 Å². The second-order valence-electron chi connectivity index (χ2n) is 7.48. The number of nitrogens with zero attached hydrogens (tertiary/aromatic N) is 1. The molecule has 0 bridgehead atoms. The topological polar surface area (TPSA) is 23.5 Å². The molecule has 2 heteroatoms. The van der Waals surface area contributed by atoms with E-state index < -0.39 is 6.10 Å². The molecule has 2 aromatic carbocycles. The Bertz CT molecular complexity index is 611. The Balaban J connectivity index is 2.31. The summed E-state index contributed by atoms with van der Waals surface area (Å²) in [6.07, 6.45) is 1.28. The van der Waals surface area contributed by atoms with Crippen molar-refractivity contribution in [3.63, 3.8) is 0 Å². The van der Waals surface area contributed by atoms with Gasteiger partial charge in [0, 0.05) is 19.1 Å². The number of benzene rings is 2. The minimum atomic E-state index is -0.408. The highest BCUT2D eigenvalue weighted by molar-refractivity contribution is 5.18. The van der Waals surface area contributed by atoms with Crippen LogP contribution in [-0.4, -0.2) is 22.2 Å². The van der Waals surface area contributed by atoms with E-state index in [1.54, 1.807) is 0 Å². The highest BCUT2D eigenvalue weighted by Crippen LogP contribution is 2.25. The molecule has 3 atom stereocenters. The van der Waals surface area contributed by atoms with Gasteiger partial charge in [0.25, 0.3) is 0 Å². The fourth-order valence-electron chi connectivity index (χ4n) is 3.60. The maximum absolute atomic E-state index is 11.0. The van der Waals surface area contributed by atoms with Gasteiger partial charge in [0.1, 0.15) is 0 Å². The number of aliphatic hydroxyl groups excluding tert-OH is 1. The van der Waals surface area contributed by atoms with Crippen LogP contribution in [0.15, 0.2) is 72.8 Å². The van der Waals surface area contributed by atoms with Gasteiger partial charge < -0.3 is 5.11 Å². The number of rotatable bonds is 10. The van der Waals surface area contributed by atoms with Gasteiger partial charge in [-0.25, -0.2) is 0 Å². The monoisotopic (exact) mass is 351 g/mol. The molecule has 0 saturated carbocycles. The van der Waals surface area contributed by atoms with E-state index in [0.717, 1.165) is 25.1 Å². The molecule has 0 heterocycles. The van der Waals surface area contributed by atoms with Crippen LogP contribution in [0.2, 0.25) is 0 Å². The van der Waals surface area contributed by atoms with Crippen LogP contribution in [0.5, 0.6) is 0 Å². The van der Waals surface area contributed by atoms with Crippen molar-refractivity contribution >= 4 is 0 Å². The molecule has 0 fully saturated rings. The lowest BCUT2D eigenvalue weighted by Crippen LogP contribution is -2.47. The maximum Gasteiger partial charge on any atom is 0.0735 e. The quantitative estimate of drug-likeness (QED) is 0.577. The number of hydrogen-bond donors (Lipinski definition) is 1. The van der Waals surface area contributed by atoms with Crippen molar-refractivity contribution in [2.45, 2.75) is 58.8 Å². The molecule has 2 aromatic rings. The highest BCUT2D eigenvalue weighted by atomic mass is 16.3. The normalized spacial score (nSPS) is 14.8. The first-order chi connectivity index (χ1) is 12.5. The highest BCUT2D eigenvalue weighted by Gasteiger charge is 2.30. The Kier molecular flexibility index (Phi) is 8.08. The van der Waals surface area contributed by atoms with Crippen LogP contribution in [-0.2, 0) is 13.1 Å². The van der Waals surface area contributed by atoms with E-state index in [1.807, 2.05) is 19.1 Å². The Labute approximate surface area is 159 Å². The molecular weight excluding hydrogens is 318 g/mol. The summed E-state index contributed by atoms with van der Waals surface area (Å²) in [4.78, 5) is 2.44. The SMILES string of the molecule is C=C(C)C[C@@H](O)[C@H]([C@@H](C)CC)N(Cc1ccccc1)Cc1ccccc1. The van der Waals surface area contributed by atoms with Crippen molar-refractivity contribution in [1.82, 2.24) is 4.90 Å². The van der Waals surface area contributed by atoms with Gasteiger partial charge in [-0.3, -0.25) is 4.90 Å². The predicted molar refractivity (Wildman–Crippen MR) is 111 cm³/mol. The van der Waals surface area contributed by atoms with E-state index in [0.29, 0.717) is 12.3 Å². The van der Waals surface area contributed by atoms with E-state index in [-0.39, 0.29) is 6.04 Å². The van der Waals surface area contributed by atoms with Crippen LogP contribution in [0.1, 0.15) is 44.7 Å². The third-order valence-corrected chi connectivity index (χ3v) is 5.06. The van der Waals surface area contributed by atoms with Crippen molar-refractivity contribution in [2.24, 2.45) is 5.92 Å². The lowest BCUT2D eigenvalue weighted by Gasteiger charge is -2.39. The van der Waals surface area contributed by atoms with Crippen LogP contribution in [0.25, 0.3) is 0 Å². The van der Waals surface area contributed by atoms with Gasteiger partial charge in [0.2, 0.25) is 0 Å². The zero-order valence-electron chi connectivity index (χ0n) is 16.4. The molecule has 140 valence electrons. The molecule has 0 saturated heterocycles. The van der Waals surface area contributed by atoms with E-state index in [9.17, 15) is 5.11 Å². The van der Waals surface area contributed by atoms with Gasteiger partial charge in [0.05, 0.1) is 6.10 Å². The molecule has 0 unspecified atom stereocenters. The molecule has 0 aliphatic carbocycles. The van der Waals surface area contributed by atoms with Gasteiger partial charge in [-0.1, -0.05) is 86.5 Å². The minimum absolute atomic E-state index is 0.0945. The zero-order chi connectivity index (χ0) is 18.9. The smallest absolute Gasteiger partial charge is 0.0735 e. The molecule has 2 nitrogen and oxygen atoms in total. The molecule has 0 aliphatic rings. The summed E-state index contributed by atoms with van der Waals surface area (Å²) in [6.45, 7) is 12.1. The summed E-state index contributed by atoms with van der Waals surface area (Å²) >= 11 is 0. The summed E-state index contributed by atoms with van der Waals surface area (Å²) in [6, 6.07) is 21.2. The molecule has 0 aromatic heterocycles. The Morgan fingerprint density at radius 2 is 1.42 bits per heavy atom. The largest absolute Gasteiger partial charge is 0.391 e. The van der Waals surface area contributed by atoms with Crippen molar-refractivity contribution in [3.8, 4) is 0 Å². The Hall–Kier alpha value is -1.90. The second-order valence-corrected chi connectivity index (χ2v) is 7.48. The zero-order valence-corrected chi connectivity index (χ0v) is 16.4. The van der Waals surface area contributed by atoms with Crippen molar-refractivity contribution in [2.75, 3.05) is 0 Å². The summed E-state index contributed by atoms with van der Waals surface area (Å²) in [5, 5.41) is 11.0. The fourth-order valence-corrected chi connectivity index (χ4v) is 3.60. The summed E-state index contributed by atoms with van der Waals surface area (Å²) < 4.78 is 0. The molecule has 1 N–H and O–H groups in total. The van der Waals surface area contributed by atoms with Crippen LogP contribution < -0.4 is 0 Å². The van der Waals surface area contributed by atoms with Crippen LogP contribution >= 0.6 is 0 Å². The van der Waals surface area contributed by atoms with Crippen LogP contribution in [0.3, 0.4) is 0 Å². The fraction of sp³-hybridized carbons (Fsp3) is 0.417. The standard InChI is InChI=1S/C24H33NO/c1-5-20(4)24(23(26)16-19(2)3)25(17-21-12-8-6-9-13-21)18-22-14-10-7-11-15-22/h6-15,20,23-24,26H,2,5,16-18H2,1,3-4H3/t20-,23+,24-/m0/s1. The van der Waals surface area contributed by atoms with Crippen molar-refractivity contribution in [1.29, 1.82) is 0 Å². The first kappa shape index (κ1) is 20.4. The molecule has 26 heavy (non-hydrogen) atoms. The summed E-state index contributed by atoms with van der Waals surface area (Å²) in [7, 11) is 0. The number of hydrogen-bond acceptors (Lipinski definition) is 2. The lowest BCUT2D eigenvalue weighted by molar-refractivity contribution is 0.00948. The van der Waals surface area contributed by atoms with Crippen molar-refractivity contribution in [3.05, 3.63) is 83.9 Å². The van der Waals surface area contributed by atoms with Gasteiger partial charge in [-0.15, -0.1) is 6.58 Å². The van der Waals surface area contributed by atoms with E-state index in [4.69, 9.17) is 0 Å². The third kappa shape index (κ3) is 6.12. The molecular formula is C24H33NO. The summed E-state index contributed by atoms with van der Waals surface area (Å²) in [5.74, 6) is 0.400. The molecule has 0 spiro atoms. The maximum atomic E-state index is 11.0. The van der Waals surface area contributed by atoms with E-state index >= 15 is 0 Å². The first-order valence-electron chi connectivity index (χ1n) is 9.65. The third-order valence-electron chi connectivity index (χ3n) is 5.06. The molecule has 0 radical (unpaired) electrons. The first-order valence-corrected chi connectivity index (χ1v) is 9.65. The van der Waals surface area contributed by atoms with Gasteiger partial charge in [-0.05, 0) is 30.4 Å². The van der Waals surface area contributed by atoms with Gasteiger partial charge >= 0.3 is 0 Å². The van der Waals surface area contributed by atoms with Gasteiger partial charge in [0.15, 0.2) is 0 Å². The lowest BCUT2D eigenvalue weighted by atomic mass is 9.89. The predicted octanol–water partition coefficient (Wildman–Crippen LogP) is 5.43. The average molecular weight is 352 g/mol. The average Bonchev–Trinajstić information content (AvgIpc) is 2.62. The van der Waals surface area contributed by atoms with Crippen LogP contribution in [0, 0.1) is 5.92 Å². The van der Waals surface area contributed by atoms with Crippen molar-refractivity contribution < 1.29 is 5.11 Å². The molecule has 0 amide bonds. The second kappa shape index (κ2) is 10.3. The minimum Gasteiger partial charge on any atom is -0.391 e. The molecule has 0 aliphatic heterocycles. The Morgan fingerprint density at radius 1 is 0.962 bits per heavy atom.